The molecule has 0 bridgehead atoms. The minimum atomic E-state index is -4.58. The van der Waals surface area contributed by atoms with Crippen molar-refractivity contribution in [2.75, 3.05) is 13.4 Å². The first kappa shape index (κ1) is 27.3. The molecule has 10 heteroatoms. The number of esters is 1. The molecule has 3 N–H and O–H groups in total. The molecular weight excluding hydrogens is 503 g/mol. The molecular formula is C28H28F3NO6. The van der Waals surface area contributed by atoms with Crippen molar-refractivity contribution in [1.82, 2.24) is 0 Å². The molecule has 1 aliphatic carbocycles. The number of hydrogen-bond acceptors (Lipinski definition) is 7. The predicted molar refractivity (Wildman–Crippen MR) is 132 cm³/mol. The van der Waals surface area contributed by atoms with Crippen LogP contribution in [-0.2, 0) is 20.5 Å². The Morgan fingerprint density at radius 3 is 2.71 bits per heavy atom. The standard InChI is InChI=1S/C28H28F3NO6/c29-28(30,31)19-8-10-20(22(33)15-19)26(32)21-9-7-18(27(21)35)4-2-1-3-13-36-25(34)12-6-17-5-11-23-24(14-17)38-16-37-23/h4-6,8,10-12,14-15,21,26,33H,1-3,7,9,13,16,32H2/b12-6+,18-4+. The predicted octanol–water partition coefficient (Wildman–Crippen LogP) is 5.47. The van der Waals surface area contributed by atoms with Gasteiger partial charge >= 0.3 is 12.1 Å². The van der Waals surface area contributed by atoms with Gasteiger partial charge in [0.05, 0.1) is 12.2 Å². The van der Waals surface area contributed by atoms with Gasteiger partial charge in [0, 0.05) is 23.6 Å². The molecule has 1 fully saturated rings. The fraction of sp³-hybridized carbons (Fsp3) is 0.357. The molecule has 2 aliphatic rings. The van der Waals surface area contributed by atoms with Crippen molar-refractivity contribution < 1.29 is 42.1 Å². The number of benzene rings is 2. The fourth-order valence-electron chi connectivity index (χ4n) is 4.49. The Labute approximate surface area is 217 Å². The largest absolute Gasteiger partial charge is 0.508 e. The number of halogens is 3. The number of carbonyl (C=O) groups excluding carboxylic acids is 2. The second kappa shape index (κ2) is 11.7. The van der Waals surface area contributed by atoms with E-state index >= 15 is 0 Å². The molecule has 38 heavy (non-hydrogen) atoms. The van der Waals surface area contributed by atoms with E-state index in [2.05, 4.69) is 0 Å². The molecule has 1 aliphatic heterocycles. The van der Waals surface area contributed by atoms with Crippen LogP contribution < -0.4 is 15.2 Å². The van der Waals surface area contributed by atoms with E-state index in [-0.39, 0.29) is 24.7 Å². The Morgan fingerprint density at radius 1 is 1.16 bits per heavy atom. The maximum absolute atomic E-state index is 12.8. The number of nitrogens with two attached hydrogens (primary N) is 1. The maximum Gasteiger partial charge on any atom is 0.416 e. The molecule has 0 spiro atoms. The average Bonchev–Trinajstić information content (AvgIpc) is 3.49. The van der Waals surface area contributed by atoms with E-state index < -0.39 is 35.4 Å². The zero-order valence-electron chi connectivity index (χ0n) is 20.5. The van der Waals surface area contributed by atoms with Crippen LogP contribution in [0.1, 0.15) is 54.8 Å². The van der Waals surface area contributed by atoms with Crippen molar-refractivity contribution in [3.63, 3.8) is 0 Å². The van der Waals surface area contributed by atoms with Crippen molar-refractivity contribution in [2.45, 2.75) is 44.3 Å². The molecule has 0 radical (unpaired) electrons. The Bertz CT molecular complexity index is 1250. The fourth-order valence-corrected chi connectivity index (χ4v) is 4.49. The Balaban J connectivity index is 1.19. The summed E-state index contributed by atoms with van der Waals surface area (Å²) < 4.78 is 54.3. The monoisotopic (exact) mass is 531 g/mol. The van der Waals surface area contributed by atoms with Gasteiger partial charge in [-0.2, -0.15) is 13.2 Å². The number of rotatable bonds is 9. The van der Waals surface area contributed by atoms with Gasteiger partial charge in [-0.25, -0.2) is 4.79 Å². The number of aromatic hydroxyl groups is 1. The normalized spacial score (nSPS) is 18.9. The van der Waals surface area contributed by atoms with Crippen LogP contribution in [-0.4, -0.2) is 30.3 Å². The number of ketones is 1. The molecule has 2 aromatic carbocycles. The van der Waals surface area contributed by atoms with Crippen molar-refractivity contribution in [3.8, 4) is 17.2 Å². The highest BCUT2D eigenvalue weighted by molar-refractivity contribution is 5.99. The number of ether oxygens (including phenoxy) is 3. The molecule has 0 amide bonds. The van der Waals surface area contributed by atoms with Crippen molar-refractivity contribution in [2.24, 2.45) is 11.7 Å². The van der Waals surface area contributed by atoms with E-state index in [1.807, 2.05) is 6.08 Å². The van der Waals surface area contributed by atoms with Crippen LogP contribution in [0.4, 0.5) is 13.2 Å². The highest BCUT2D eigenvalue weighted by Gasteiger charge is 2.36. The van der Waals surface area contributed by atoms with Crippen LogP contribution in [0.15, 0.2) is 54.1 Å². The van der Waals surface area contributed by atoms with E-state index in [1.165, 1.54) is 6.08 Å². The first-order valence-corrected chi connectivity index (χ1v) is 12.3. The summed E-state index contributed by atoms with van der Waals surface area (Å²) in [7, 11) is 0. The summed E-state index contributed by atoms with van der Waals surface area (Å²) in [5.74, 6) is -0.510. The summed E-state index contributed by atoms with van der Waals surface area (Å²) in [5.41, 5.74) is 6.72. The van der Waals surface area contributed by atoms with Crippen LogP contribution in [0.3, 0.4) is 0 Å². The van der Waals surface area contributed by atoms with Gasteiger partial charge < -0.3 is 25.1 Å². The van der Waals surface area contributed by atoms with Crippen LogP contribution in [0.25, 0.3) is 6.08 Å². The van der Waals surface area contributed by atoms with Gasteiger partial charge in [0.25, 0.3) is 0 Å². The summed E-state index contributed by atoms with van der Waals surface area (Å²) in [6, 6.07) is 7.05. The molecule has 4 rings (SSSR count). The summed E-state index contributed by atoms with van der Waals surface area (Å²) in [5, 5.41) is 10.1. The van der Waals surface area contributed by atoms with Crippen LogP contribution in [0, 0.1) is 5.92 Å². The molecule has 2 atom stereocenters. The average molecular weight is 532 g/mol. The lowest BCUT2D eigenvalue weighted by molar-refractivity contribution is -0.138. The Hall–Kier alpha value is -3.79. The maximum atomic E-state index is 12.8. The van der Waals surface area contributed by atoms with Gasteiger partial charge in [0.2, 0.25) is 6.79 Å². The number of fused-ring (bicyclic) bond motifs is 1. The van der Waals surface area contributed by atoms with Crippen molar-refractivity contribution in [3.05, 3.63) is 70.8 Å². The van der Waals surface area contributed by atoms with Crippen molar-refractivity contribution >= 4 is 17.8 Å². The topological polar surface area (TPSA) is 108 Å². The molecule has 1 heterocycles. The van der Waals surface area contributed by atoms with E-state index in [1.54, 1.807) is 24.3 Å². The van der Waals surface area contributed by atoms with Gasteiger partial charge in [0.15, 0.2) is 17.3 Å². The second-order valence-electron chi connectivity index (χ2n) is 9.15. The number of phenolic OH excluding ortho intramolecular Hbond substituents is 1. The van der Waals surface area contributed by atoms with Crippen LogP contribution in [0.2, 0.25) is 0 Å². The lowest BCUT2D eigenvalue weighted by Crippen LogP contribution is -2.25. The lowest BCUT2D eigenvalue weighted by Gasteiger charge is -2.20. The quantitative estimate of drug-likeness (QED) is 0.251. The number of Topliss-reactive ketones (excluding diaryl/α,β-unsaturated/α-hetero) is 1. The summed E-state index contributed by atoms with van der Waals surface area (Å²) in [6.45, 7) is 0.416. The number of carbonyl (C=O) groups is 2. The summed E-state index contributed by atoms with van der Waals surface area (Å²) in [6.07, 6.45) is 3.12. The van der Waals surface area contributed by atoms with Gasteiger partial charge in [0.1, 0.15) is 5.75 Å². The number of hydrogen-bond donors (Lipinski definition) is 2. The second-order valence-corrected chi connectivity index (χ2v) is 9.15. The highest BCUT2D eigenvalue weighted by Crippen LogP contribution is 2.40. The van der Waals surface area contributed by atoms with Gasteiger partial charge in [-0.15, -0.1) is 0 Å². The lowest BCUT2D eigenvalue weighted by atomic mass is 9.90. The third-order valence-corrected chi connectivity index (χ3v) is 6.57. The molecule has 7 nitrogen and oxygen atoms in total. The molecule has 2 unspecified atom stereocenters. The van der Waals surface area contributed by atoms with Crippen molar-refractivity contribution in [1.29, 1.82) is 0 Å². The molecule has 2 aromatic rings. The number of unbranched alkanes of at least 4 members (excludes halogenated alkanes) is 2. The molecule has 202 valence electrons. The van der Waals surface area contributed by atoms with E-state index in [0.717, 1.165) is 17.7 Å². The van der Waals surface area contributed by atoms with Crippen LogP contribution in [0.5, 0.6) is 17.2 Å². The molecule has 1 saturated carbocycles. The van der Waals surface area contributed by atoms with E-state index in [0.29, 0.717) is 55.2 Å². The molecule has 0 saturated heterocycles. The number of allylic oxidation sites excluding steroid dienone is 2. The Morgan fingerprint density at radius 2 is 1.95 bits per heavy atom. The van der Waals surface area contributed by atoms with Gasteiger partial charge in [-0.1, -0.05) is 18.2 Å². The summed E-state index contributed by atoms with van der Waals surface area (Å²) in [4.78, 5) is 24.8. The Kier molecular flexibility index (Phi) is 8.41. The zero-order valence-corrected chi connectivity index (χ0v) is 20.5. The number of phenols is 1. The summed E-state index contributed by atoms with van der Waals surface area (Å²) >= 11 is 0. The minimum Gasteiger partial charge on any atom is -0.508 e. The first-order valence-electron chi connectivity index (χ1n) is 12.3. The third-order valence-electron chi connectivity index (χ3n) is 6.57. The minimum absolute atomic E-state index is 0.118. The van der Waals surface area contributed by atoms with E-state index in [9.17, 15) is 27.9 Å². The first-order chi connectivity index (χ1) is 18.1. The highest BCUT2D eigenvalue weighted by atomic mass is 19.4. The van der Waals surface area contributed by atoms with E-state index in [4.69, 9.17) is 19.9 Å². The zero-order chi connectivity index (χ0) is 27.3. The third kappa shape index (κ3) is 6.55. The smallest absolute Gasteiger partial charge is 0.416 e. The SMILES string of the molecule is NC(c1ccc(C(F)(F)F)cc1O)C1CC/C(=C\CCCCOC(=O)/C=C/c2ccc3c(c2)OCO3)C1=O. The van der Waals surface area contributed by atoms with Crippen LogP contribution >= 0.6 is 0 Å². The van der Waals surface area contributed by atoms with Gasteiger partial charge in [-0.3, -0.25) is 4.79 Å². The number of alkyl halides is 3. The molecule has 0 aromatic heterocycles. The van der Waals surface area contributed by atoms with Gasteiger partial charge in [-0.05, 0) is 73.6 Å².